The van der Waals surface area contributed by atoms with Crippen LogP contribution in [0.2, 0.25) is 0 Å². The molecular formula is C13H16FN3O2. The first-order valence-electron chi connectivity index (χ1n) is 5.91. The average molecular weight is 265 g/mol. The fourth-order valence-corrected chi connectivity index (χ4v) is 1.70. The number of aromatic nitrogens is 2. The van der Waals surface area contributed by atoms with Crippen molar-refractivity contribution in [3.63, 3.8) is 0 Å². The van der Waals surface area contributed by atoms with Crippen LogP contribution in [-0.4, -0.2) is 28.6 Å². The third kappa shape index (κ3) is 3.96. The summed E-state index contributed by atoms with van der Waals surface area (Å²) in [7, 11) is 1.64. The number of halogens is 1. The molecule has 0 fully saturated rings. The molecule has 5 nitrogen and oxygen atoms in total. The van der Waals surface area contributed by atoms with Gasteiger partial charge in [0.15, 0.2) is 0 Å². The first kappa shape index (κ1) is 13.4. The van der Waals surface area contributed by atoms with Gasteiger partial charge in [0.2, 0.25) is 0 Å². The van der Waals surface area contributed by atoms with Crippen molar-refractivity contribution in [3.8, 4) is 5.75 Å². The van der Waals surface area contributed by atoms with E-state index >= 15 is 0 Å². The molecule has 0 amide bonds. The molecule has 6 heteroatoms. The van der Waals surface area contributed by atoms with E-state index < -0.39 is 5.82 Å². The molecule has 0 radical (unpaired) electrons. The van der Waals surface area contributed by atoms with Gasteiger partial charge in [0.25, 0.3) is 0 Å². The Morgan fingerprint density at radius 1 is 1.42 bits per heavy atom. The molecule has 0 aliphatic heterocycles. The predicted octanol–water partition coefficient (Wildman–Crippen LogP) is 1.99. The molecule has 2 rings (SSSR count). The zero-order valence-electron chi connectivity index (χ0n) is 10.6. The van der Waals surface area contributed by atoms with E-state index in [1.54, 1.807) is 18.0 Å². The van der Waals surface area contributed by atoms with Crippen molar-refractivity contribution in [3.05, 3.63) is 42.0 Å². The Morgan fingerprint density at radius 2 is 2.26 bits per heavy atom. The van der Waals surface area contributed by atoms with Crippen molar-refractivity contribution >= 4 is 5.69 Å². The maximum absolute atomic E-state index is 13.1. The Balaban J connectivity index is 1.92. The Bertz CT molecular complexity index is 522. The minimum atomic E-state index is -0.451. The second-order valence-electron chi connectivity index (χ2n) is 4.16. The molecule has 19 heavy (non-hydrogen) atoms. The van der Waals surface area contributed by atoms with E-state index in [9.17, 15) is 9.50 Å². The molecule has 0 saturated heterocycles. The number of aromatic hydroxyl groups is 1. The standard InChI is InChI=1S/C13H16FN3O2/c1-19-3-2-17-9-12(8-16-17)15-7-10-4-11(14)6-13(18)5-10/h4-6,8-9,15,18H,2-3,7H2,1H3. The van der Waals surface area contributed by atoms with Crippen LogP contribution in [0, 0.1) is 5.82 Å². The van der Waals surface area contributed by atoms with Crippen molar-refractivity contribution < 1.29 is 14.2 Å². The molecule has 0 spiro atoms. The first-order chi connectivity index (χ1) is 9.17. The maximum Gasteiger partial charge on any atom is 0.127 e. The number of hydrogen-bond donors (Lipinski definition) is 2. The predicted molar refractivity (Wildman–Crippen MR) is 69.5 cm³/mol. The molecule has 0 bridgehead atoms. The van der Waals surface area contributed by atoms with Crippen molar-refractivity contribution in [2.24, 2.45) is 0 Å². The number of benzene rings is 1. The number of rotatable bonds is 6. The van der Waals surface area contributed by atoms with E-state index in [4.69, 9.17) is 4.74 Å². The maximum atomic E-state index is 13.1. The third-order valence-electron chi connectivity index (χ3n) is 2.60. The van der Waals surface area contributed by atoms with Crippen LogP contribution in [0.5, 0.6) is 5.75 Å². The zero-order chi connectivity index (χ0) is 13.7. The summed E-state index contributed by atoms with van der Waals surface area (Å²) in [6, 6.07) is 3.97. The number of methoxy groups -OCH3 is 1. The van der Waals surface area contributed by atoms with Crippen LogP contribution < -0.4 is 5.32 Å². The summed E-state index contributed by atoms with van der Waals surface area (Å²) in [5.74, 6) is -0.528. The second-order valence-corrected chi connectivity index (χ2v) is 4.16. The number of hydrogen-bond acceptors (Lipinski definition) is 4. The summed E-state index contributed by atoms with van der Waals surface area (Å²) in [5.41, 5.74) is 1.50. The van der Waals surface area contributed by atoms with Crippen LogP contribution in [-0.2, 0) is 17.8 Å². The number of nitrogens with zero attached hydrogens (tertiary/aromatic N) is 2. The van der Waals surface area contributed by atoms with Crippen LogP contribution in [0.15, 0.2) is 30.6 Å². The summed E-state index contributed by atoms with van der Waals surface area (Å²) in [4.78, 5) is 0. The molecule has 0 aliphatic carbocycles. The quantitative estimate of drug-likeness (QED) is 0.838. The fourth-order valence-electron chi connectivity index (χ4n) is 1.70. The van der Waals surface area contributed by atoms with Gasteiger partial charge in [-0.2, -0.15) is 5.10 Å². The monoisotopic (exact) mass is 265 g/mol. The molecule has 1 aromatic heterocycles. The van der Waals surface area contributed by atoms with Gasteiger partial charge in [-0.25, -0.2) is 4.39 Å². The highest BCUT2D eigenvalue weighted by atomic mass is 19.1. The number of nitrogens with one attached hydrogen (secondary N) is 1. The smallest absolute Gasteiger partial charge is 0.127 e. The normalized spacial score (nSPS) is 10.6. The fraction of sp³-hybridized carbons (Fsp3) is 0.308. The summed E-state index contributed by atoms with van der Waals surface area (Å²) < 4.78 is 19.8. The number of ether oxygens (including phenoxy) is 1. The van der Waals surface area contributed by atoms with Crippen molar-refractivity contribution in [2.45, 2.75) is 13.1 Å². The number of phenolic OH excluding ortho intramolecular Hbond substituents is 1. The Hall–Kier alpha value is -2.08. The number of phenols is 1. The minimum absolute atomic E-state index is 0.0763. The van der Waals surface area contributed by atoms with Crippen LogP contribution in [0.1, 0.15) is 5.56 Å². The largest absolute Gasteiger partial charge is 0.508 e. The van der Waals surface area contributed by atoms with E-state index in [-0.39, 0.29) is 5.75 Å². The van der Waals surface area contributed by atoms with E-state index in [1.165, 1.54) is 12.1 Å². The molecule has 0 saturated carbocycles. The molecule has 1 heterocycles. The Labute approximate surface area is 110 Å². The van der Waals surface area contributed by atoms with Gasteiger partial charge in [-0.3, -0.25) is 4.68 Å². The van der Waals surface area contributed by atoms with Crippen LogP contribution in [0.4, 0.5) is 10.1 Å². The van der Waals surface area contributed by atoms with Crippen LogP contribution in [0.3, 0.4) is 0 Å². The van der Waals surface area contributed by atoms with Crippen LogP contribution >= 0.6 is 0 Å². The number of anilines is 1. The Morgan fingerprint density at radius 3 is 3.00 bits per heavy atom. The zero-order valence-corrected chi connectivity index (χ0v) is 10.6. The molecule has 2 N–H and O–H groups in total. The van der Waals surface area contributed by atoms with Gasteiger partial charge in [0, 0.05) is 25.9 Å². The highest BCUT2D eigenvalue weighted by Gasteiger charge is 2.02. The molecule has 2 aromatic rings. The molecule has 102 valence electrons. The topological polar surface area (TPSA) is 59.3 Å². The summed E-state index contributed by atoms with van der Waals surface area (Å²) in [5, 5.41) is 16.6. The summed E-state index contributed by atoms with van der Waals surface area (Å²) in [6.45, 7) is 1.69. The van der Waals surface area contributed by atoms with Gasteiger partial charge in [0.05, 0.1) is 25.0 Å². The highest BCUT2D eigenvalue weighted by Crippen LogP contribution is 2.16. The van der Waals surface area contributed by atoms with E-state index in [2.05, 4.69) is 10.4 Å². The van der Waals surface area contributed by atoms with E-state index in [0.29, 0.717) is 25.3 Å². The minimum Gasteiger partial charge on any atom is -0.508 e. The van der Waals surface area contributed by atoms with Crippen LogP contribution in [0.25, 0.3) is 0 Å². The third-order valence-corrected chi connectivity index (χ3v) is 2.60. The lowest BCUT2D eigenvalue weighted by Gasteiger charge is -2.04. The van der Waals surface area contributed by atoms with Gasteiger partial charge >= 0.3 is 0 Å². The van der Waals surface area contributed by atoms with Gasteiger partial charge in [-0.15, -0.1) is 0 Å². The lowest BCUT2D eigenvalue weighted by atomic mass is 10.2. The van der Waals surface area contributed by atoms with E-state index in [1.807, 2.05) is 6.20 Å². The average Bonchev–Trinajstić information content (AvgIpc) is 2.81. The molecule has 0 aliphatic rings. The summed E-state index contributed by atoms with van der Waals surface area (Å²) >= 11 is 0. The van der Waals surface area contributed by atoms with Crippen molar-refractivity contribution in [1.82, 2.24) is 9.78 Å². The van der Waals surface area contributed by atoms with Crippen molar-refractivity contribution in [1.29, 1.82) is 0 Å². The second kappa shape index (κ2) is 6.19. The lowest BCUT2D eigenvalue weighted by molar-refractivity contribution is 0.183. The first-order valence-corrected chi connectivity index (χ1v) is 5.91. The molecule has 1 aromatic carbocycles. The van der Waals surface area contributed by atoms with Gasteiger partial charge in [-0.05, 0) is 17.7 Å². The molecule has 0 unspecified atom stereocenters. The SMILES string of the molecule is COCCn1cc(NCc2cc(O)cc(F)c2)cn1. The van der Waals surface area contributed by atoms with Gasteiger partial charge in [0.1, 0.15) is 11.6 Å². The van der Waals surface area contributed by atoms with Crippen molar-refractivity contribution in [2.75, 3.05) is 19.0 Å². The molecular weight excluding hydrogens is 249 g/mol. The summed E-state index contributed by atoms with van der Waals surface area (Å²) in [6.07, 6.45) is 3.53. The lowest BCUT2D eigenvalue weighted by Crippen LogP contribution is -2.04. The van der Waals surface area contributed by atoms with Gasteiger partial charge in [-0.1, -0.05) is 0 Å². The van der Waals surface area contributed by atoms with E-state index in [0.717, 1.165) is 11.8 Å². The highest BCUT2D eigenvalue weighted by molar-refractivity contribution is 5.40. The molecule has 0 atom stereocenters. The van der Waals surface area contributed by atoms with Gasteiger partial charge < -0.3 is 15.2 Å². The Kier molecular flexibility index (Phi) is 4.35.